The summed E-state index contributed by atoms with van der Waals surface area (Å²) in [5.74, 6) is -0.512. The lowest BCUT2D eigenvalue weighted by Gasteiger charge is -2.37. The number of carbonyl (C=O) groups excluding carboxylic acids is 1. The number of nitrogens with zero attached hydrogens (tertiary/aromatic N) is 3. The minimum atomic E-state index is -2.72. The number of aromatic nitrogens is 2. The van der Waals surface area contributed by atoms with Crippen molar-refractivity contribution in [2.45, 2.75) is 31.4 Å². The van der Waals surface area contributed by atoms with Crippen LogP contribution in [0.4, 0.5) is 13.2 Å². The van der Waals surface area contributed by atoms with E-state index in [1.165, 1.54) is 11.6 Å². The van der Waals surface area contributed by atoms with Crippen LogP contribution in [-0.4, -0.2) is 46.5 Å². The molecule has 0 radical (unpaired) electrons. The van der Waals surface area contributed by atoms with Crippen LogP contribution in [0.25, 0.3) is 10.9 Å². The SMILES string of the molecule is O=C(NCC(c1scnc1C(F)F)N1CCC(Oc2ccccc2F)CC1)c1cccc2ncccc12. The van der Waals surface area contributed by atoms with Gasteiger partial charge in [-0.05, 0) is 43.2 Å². The number of nitrogens with one attached hydrogen (secondary N) is 1. The number of hydrogen-bond donors (Lipinski definition) is 1. The number of fused-ring (bicyclic) bond motifs is 1. The molecule has 1 aliphatic heterocycles. The number of pyridine rings is 1. The van der Waals surface area contributed by atoms with Gasteiger partial charge in [0.2, 0.25) is 0 Å². The monoisotopic (exact) mass is 526 g/mol. The van der Waals surface area contributed by atoms with Crippen molar-refractivity contribution >= 4 is 28.1 Å². The average Bonchev–Trinajstić information content (AvgIpc) is 3.41. The molecule has 1 fully saturated rings. The number of thiazole rings is 1. The second-order valence-electron chi connectivity index (χ2n) is 8.79. The molecule has 3 heterocycles. The van der Waals surface area contributed by atoms with Gasteiger partial charge in [-0.1, -0.05) is 24.3 Å². The van der Waals surface area contributed by atoms with E-state index in [-0.39, 0.29) is 30.0 Å². The Balaban J connectivity index is 1.32. The van der Waals surface area contributed by atoms with Gasteiger partial charge in [0, 0.05) is 36.8 Å². The lowest BCUT2D eigenvalue weighted by atomic mass is 10.0. The maximum Gasteiger partial charge on any atom is 0.281 e. The molecule has 1 N–H and O–H groups in total. The first-order valence-electron chi connectivity index (χ1n) is 12.0. The van der Waals surface area contributed by atoms with Crippen LogP contribution in [0, 0.1) is 5.82 Å². The molecule has 1 unspecified atom stereocenters. The second kappa shape index (κ2) is 11.3. The molecule has 4 aromatic rings. The average molecular weight is 527 g/mol. The standard InChI is InChI=1S/C27H25F3N4O2S/c28-20-7-1-2-9-23(20)36-17-10-13-34(14-11-17)22(25-24(26(29)30)33-16-37-25)15-32-27(35)19-5-3-8-21-18(19)6-4-12-31-21/h1-9,12,16-17,22,26H,10-11,13-15H2,(H,32,35). The zero-order valence-electron chi connectivity index (χ0n) is 19.8. The summed E-state index contributed by atoms with van der Waals surface area (Å²) in [6.45, 7) is 1.22. The van der Waals surface area contributed by atoms with Crippen LogP contribution in [0.15, 0.2) is 66.3 Å². The first-order chi connectivity index (χ1) is 18.0. The minimum absolute atomic E-state index is 0.135. The topological polar surface area (TPSA) is 67.4 Å². The molecule has 1 atom stereocenters. The summed E-state index contributed by atoms with van der Waals surface area (Å²) in [5, 5.41) is 3.66. The summed E-state index contributed by atoms with van der Waals surface area (Å²) >= 11 is 1.16. The molecule has 1 aliphatic rings. The first kappa shape index (κ1) is 25.2. The molecule has 0 aliphatic carbocycles. The highest BCUT2D eigenvalue weighted by Crippen LogP contribution is 2.35. The maximum absolute atomic E-state index is 14.0. The predicted molar refractivity (Wildman–Crippen MR) is 136 cm³/mol. The molecule has 1 saturated heterocycles. The van der Waals surface area contributed by atoms with Crippen molar-refractivity contribution in [2.75, 3.05) is 19.6 Å². The van der Waals surface area contributed by atoms with E-state index in [1.54, 1.807) is 42.6 Å². The number of benzene rings is 2. The lowest BCUT2D eigenvalue weighted by molar-refractivity contribution is 0.0685. The van der Waals surface area contributed by atoms with Gasteiger partial charge in [-0.15, -0.1) is 11.3 Å². The minimum Gasteiger partial charge on any atom is -0.487 e. The van der Waals surface area contributed by atoms with Crippen LogP contribution in [-0.2, 0) is 0 Å². The number of para-hydroxylation sites is 1. The van der Waals surface area contributed by atoms with Gasteiger partial charge in [0.15, 0.2) is 11.6 Å². The van der Waals surface area contributed by atoms with Crippen molar-refractivity contribution < 1.29 is 22.7 Å². The van der Waals surface area contributed by atoms with Gasteiger partial charge in [0.05, 0.1) is 21.9 Å². The number of amides is 1. The number of hydrogen-bond acceptors (Lipinski definition) is 6. The number of ether oxygens (including phenoxy) is 1. The Bertz CT molecular complexity index is 1370. The summed E-state index contributed by atoms with van der Waals surface area (Å²) in [4.78, 5) is 23.8. The van der Waals surface area contributed by atoms with Crippen LogP contribution in [0.2, 0.25) is 0 Å². The van der Waals surface area contributed by atoms with Crippen molar-refractivity contribution in [2.24, 2.45) is 0 Å². The first-order valence-corrected chi connectivity index (χ1v) is 12.9. The highest BCUT2D eigenvalue weighted by Gasteiger charge is 2.32. The summed E-state index contributed by atoms with van der Waals surface area (Å²) in [6.07, 6.45) is -0.0595. The van der Waals surface area contributed by atoms with Gasteiger partial charge in [-0.2, -0.15) is 0 Å². The van der Waals surface area contributed by atoms with Crippen LogP contribution >= 0.6 is 11.3 Å². The Morgan fingerprint density at radius 1 is 1.08 bits per heavy atom. The third-order valence-corrected chi connectivity index (χ3v) is 7.47. The van der Waals surface area contributed by atoms with Crippen molar-refractivity contribution in [3.63, 3.8) is 0 Å². The van der Waals surface area contributed by atoms with Crippen LogP contribution in [0.5, 0.6) is 5.75 Å². The smallest absolute Gasteiger partial charge is 0.281 e. The molecule has 2 aromatic carbocycles. The van der Waals surface area contributed by atoms with E-state index in [9.17, 15) is 18.0 Å². The van der Waals surface area contributed by atoms with Crippen molar-refractivity contribution in [3.8, 4) is 5.75 Å². The molecule has 0 spiro atoms. The van der Waals surface area contributed by atoms with E-state index >= 15 is 0 Å². The Hall–Kier alpha value is -3.50. The molecule has 37 heavy (non-hydrogen) atoms. The fourth-order valence-corrected chi connectivity index (χ4v) is 5.61. The maximum atomic E-state index is 14.0. The fourth-order valence-electron chi connectivity index (χ4n) is 4.68. The fraction of sp³-hybridized carbons (Fsp3) is 0.296. The van der Waals surface area contributed by atoms with Gasteiger partial charge in [-0.25, -0.2) is 18.2 Å². The Kier molecular flexibility index (Phi) is 7.66. The quantitative estimate of drug-likeness (QED) is 0.315. The number of piperidine rings is 1. The summed E-state index contributed by atoms with van der Waals surface area (Å²) in [5.41, 5.74) is 2.32. The van der Waals surface area contributed by atoms with Gasteiger partial charge >= 0.3 is 0 Å². The second-order valence-corrected chi connectivity index (χ2v) is 9.67. The van der Waals surface area contributed by atoms with E-state index in [0.717, 1.165) is 16.7 Å². The predicted octanol–water partition coefficient (Wildman–Crippen LogP) is 5.78. The molecule has 0 saturated carbocycles. The van der Waals surface area contributed by atoms with E-state index in [0.29, 0.717) is 41.9 Å². The summed E-state index contributed by atoms with van der Waals surface area (Å²) in [6, 6.07) is 14.7. The Morgan fingerprint density at radius 2 is 1.89 bits per heavy atom. The molecule has 2 aromatic heterocycles. The number of carbonyl (C=O) groups is 1. The van der Waals surface area contributed by atoms with Crippen LogP contribution in [0.1, 0.15) is 46.2 Å². The molecule has 5 rings (SSSR count). The van der Waals surface area contributed by atoms with Gasteiger partial charge in [0.25, 0.3) is 12.3 Å². The third-order valence-electron chi connectivity index (χ3n) is 6.53. The highest BCUT2D eigenvalue weighted by molar-refractivity contribution is 7.09. The zero-order valence-corrected chi connectivity index (χ0v) is 20.6. The molecule has 1 amide bonds. The van der Waals surface area contributed by atoms with Crippen LogP contribution in [0.3, 0.4) is 0 Å². The van der Waals surface area contributed by atoms with Crippen molar-refractivity contribution in [1.29, 1.82) is 0 Å². The molecule has 0 bridgehead atoms. The van der Waals surface area contributed by atoms with Crippen molar-refractivity contribution in [1.82, 2.24) is 20.2 Å². The Morgan fingerprint density at radius 3 is 2.68 bits per heavy atom. The molecule has 6 nitrogen and oxygen atoms in total. The van der Waals surface area contributed by atoms with Crippen LogP contribution < -0.4 is 10.1 Å². The summed E-state index contributed by atoms with van der Waals surface area (Å²) in [7, 11) is 0. The zero-order chi connectivity index (χ0) is 25.8. The third kappa shape index (κ3) is 5.60. The number of likely N-dealkylation sites (tertiary alicyclic amines) is 1. The molecular weight excluding hydrogens is 501 g/mol. The molecule has 192 valence electrons. The normalized spacial score (nSPS) is 15.7. The lowest BCUT2D eigenvalue weighted by Crippen LogP contribution is -2.44. The van der Waals surface area contributed by atoms with Gasteiger partial charge in [0.1, 0.15) is 11.8 Å². The number of halogens is 3. The molecular formula is C27H25F3N4O2S. The highest BCUT2D eigenvalue weighted by atomic mass is 32.1. The molecule has 10 heteroatoms. The number of rotatable bonds is 8. The van der Waals surface area contributed by atoms with Gasteiger partial charge < -0.3 is 10.1 Å². The van der Waals surface area contributed by atoms with E-state index in [2.05, 4.69) is 20.2 Å². The van der Waals surface area contributed by atoms with E-state index in [1.807, 2.05) is 12.1 Å². The van der Waals surface area contributed by atoms with Gasteiger partial charge in [-0.3, -0.25) is 14.7 Å². The number of alkyl halides is 2. The van der Waals surface area contributed by atoms with Crippen molar-refractivity contribution in [3.05, 3.63) is 88.3 Å². The summed E-state index contributed by atoms with van der Waals surface area (Å²) < 4.78 is 47.4. The van der Waals surface area contributed by atoms with E-state index in [4.69, 9.17) is 4.74 Å². The van der Waals surface area contributed by atoms with E-state index < -0.39 is 18.3 Å². The Labute approximate surface area is 216 Å². The largest absolute Gasteiger partial charge is 0.487 e.